The molecular formula is C24H23N3O4. The summed E-state index contributed by atoms with van der Waals surface area (Å²) in [4.78, 5) is 17.2. The van der Waals surface area contributed by atoms with Crippen molar-refractivity contribution in [1.29, 1.82) is 0 Å². The van der Waals surface area contributed by atoms with Gasteiger partial charge in [-0.2, -0.15) is 0 Å². The molecule has 1 N–H and O–H groups in total. The van der Waals surface area contributed by atoms with Gasteiger partial charge in [-0.1, -0.05) is 12.1 Å². The number of ether oxygens (including phenoxy) is 3. The van der Waals surface area contributed by atoms with Gasteiger partial charge in [-0.25, -0.2) is 4.98 Å². The van der Waals surface area contributed by atoms with Gasteiger partial charge in [-0.15, -0.1) is 0 Å². The zero-order valence-corrected chi connectivity index (χ0v) is 17.6. The Hall–Kier alpha value is -4.00. The highest BCUT2D eigenvalue weighted by atomic mass is 16.5. The van der Waals surface area contributed by atoms with Gasteiger partial charge in [0.1, 0.15) is 11.4 Å². The second-order valence-electron chi connectivity index (χ2n) is 7.00. The molecule has 1 amide bonds. The molecule has 0 aliphatic carbocycles. The minimum atomic E-state index is -0.313. The summed E-state index contributed by atoms with van der Waals surface area (Å²) in [5, 5.41) is 2.86. The summed E-state index contributed by atoms with van der Waals surface area (Å²) < 4.78 is 18.2. The second kappa shape index (κ2) is 8.79. The van der Waals surface area contributed by atoms with Gasteiger partial charge in [0.2, 0.25) is 0 Å². The number of para-hydroxylation sites is 2. The summed E-state index contributed by atoms with van der Waals surface area (Å²) >= 11 is 0. The van der Waals surface area contributed by atoms with Crippen LogP contribution in [0.15, 0.2) is 67.0 Å². The largest absolute Gasteiger partial charge is 0.495 e. The number of hydrogen-bond acceptors (Lipinski definition) is 5. The highest BCUT2D eigenvalue weighted by Crippen LogP contribution is 2.31. The Morgan fingerprint density at radius 3 is 2.55 bits per heavy atom. The number of carbonyl (C=O) groups excluding carboxylic acids is 1. The summed E-state index contributed by atoms with van der Waals surface area (Å²) in [5.74, 6) is 1.30. The molecule has 158 valence electrons. The van der Waals surface area contributed by atoms with Gasteiger partial charge in [0.15, 0.2) is 18.1 Å². The molecule has 0 radical (unpaired) electrons. The van der Waals surface area contributed by atoms with Gasteiger partial charge in [0.25, 0.3) is 5.91 Å². The van der Waals surface area contributed by atoms with Crippen molar-refractivity contribution in [3.63, 3.8) is 0 Å². The monoisotopic (exact) mass is 417 g/mol. The van der Waals surface area contributed by atoms with Crippen molar-refractivity contribution in [3.8, 4) is 28.5 Å². The highest BCUT2D eigenvalue weighted by Gasteiger charge is 2.13. The van der Waals surface area contributed by atoms with Crippen LogP contribution in [-0.4, -0.2) is 36.1 Å². The average Bonchev–Trinajstić information content (AvgIpc) is 3.21. The third-order valence-electron chi connectivity index (χ3n) is 4.81. The van der Waals surface area contributed by atoms with E-state index in [1.54, 1.807) is 32.4 Å². The average molecular weight is 417 g/mol. The van der Waals surface area contributed by atoms with Crippen LogP contribution in [-0.2, 0) is 4.79 Å². The number of benzene rings is 2. The summed E-state index contributed by atoms with van der Waals surface area (Å²) in [6, 6.07) is 16.8. The molecule has 2 aromatic heterocycles. The fourth-order valence-corrected chi connectivity index (χ4v) is 3.26. The van der Waals surface area contributed by atoms with Crippen molar-refractivity contribution < 1.29 is 19.0 Å². The van der Waals surface area contributed by atoms with Crippen LogP contribution in [0.1, 0.15) is 5.56 Å². The standard InChI is InChI=1S/C24H23N3O4/c1-16-10-11-27-14-19(25-23(27)12-16)17-8-9-20(29-2)18(13-17)26-24(28)15-31-22-7-5-4-6-21(22)30-3/h4-14H,15H2,1-3H3,(H,26,28). The summed E-state index contributed by atoms with van der Waals surface area (Å²) in [6.45, 7) is 1.86. The van der Waals surface area contributed by atoms with E-state index in [0.717, 1.165) is 22.5 Å². The number of anilines is 1. The van der Waals surface area contributed by atoms with Crippen LogP contribution in [0, 0.1) is 6.92 Å². The number of nitrogens with one attached hydrogen (secondary N) is 1. The minimum Gasteiger partial charge on any atom is -0.495 e. The van der Waals surface area contributed by atoms with Gasteiger partial charge < -0.3 is 23.9 Å². The Balaban J connectivity index is 1.53. The predicted molar refractivity (Wildman–Crippen MR) is 119 cm³/mol. The normalized spacial score (nSPS) is 10.7. The van der Waals surface area contributed by atoms with Crippen molar-refractivity contribution in [2.75, 3.05) is 26.1 Å². The van der Waals surface area contributed by atoms with Gasteiger partial charge in [-0.3, -0.25) is 4.79 Å². The van der Waals surface area contributed by atoms with Crippen molar-refractivity contribution >= 4 is 17.2 Å². The van der Waals surface area contributed by atoms with E-state index in [-0.39, 0.29) is 12.5 Å². The molecule has 0 atom stereocenters. The van der Waals surface area contributed by atoms with E-state index in [9.17, 15) is 4.79 Å². The molecule has 2 aromatic carbocycles. The maximum absolute atomic E-state index is 12.5. The molecule has 0 saturated carbocycles. The SMILES string of the molecule is COc1ccc(-c2cn3ccc(C)cc3n2)cc1NC(=O)COc1ccccc1OC. The second-order valence-corrected chi connectivity index (χ2v) is 7.00. The topological polar surface area (TPSA) is 74.1 Å². The molecule has 31 heavy (non-hydrogen) atoms. The molecule has 0 aliphatic heterocycles. The molecule has 7 heteroatoms. The first kappa shape index (κ1) is 20.3. The lowest BCUT2D eigenvalue weighted by Gasteiger charge is -2.13. The lowest BCUT2D eigenvalue weighted by molar-refractivity contribution is -0.118. The van der Waals surface area contributed by atoms with Crippen LogP contribution in [0.4, 0.5) is 5.69 Å². The first-order chi connectivity index (χ1) is 15.1. The number of aryl methyl sites for hydroxylation is 1. The Bertz CT molecular complexity index is 1230. The van der Waals surface area contributed by atoms with Gasteiger partial charge in [0, 0.05) is 18.0 Å². The van der Waals surface area contributed by atoms with Crippen LogP contribution >= 0.6 is 0 Å². The third kappa shape index (κ3) is 4.45. The van der Waals surface area contributed by atoms with Crippen molar-refractivity contribution in [3.05, 3.63) is 72.6 Å². The van der Waals surface area contributed by atoms with E-state index in [1.165, 1.54) is 0 Å². The summed E-state index contributed by atoms with van der Waals surface area (Å²) in [5.41, 5.74) is 4.21. The van der Waals surface area contributed by atoms with Gasteiger partial charge in [0.05, 0.1) is 25.6 Å². The number of amides is 1. The molecule has 0 bridgehead atoms. The lowest BCUT2D eigenvalue weighted by atomic mass is 10.1. The molecule has 0 unspecified atom stereocenters. The zero-order chi connectivity index (χ0) is 21.8. The molecule has 4 rings (SSSR count). The number of pyridine rings is 1. The molecular weight excluding hydrogens is 394 g/mol. The summed E-state index contributed by atoms with van der Waals surface area (Å²) in [7, 11) is 3.11. The highest BCUT2D eigenvalue weighted by molar-refractivity contribution is 5.94. The van der Waals surface area contributed by atoms with E-state index in [0.29, 0.717) is 22.9 Å². The van der Waals surface area contributed by atoms with Crippen LogP contribution in [0.3, 0.4) is 0 Å². The fraction of sp³-hybridized carbons (Fsp3) is 0.167. The van der Waals surface area contributed by atoms with E-state index in [2.05, 4.69) is 10.3 Å². The fourth-order valence-electron chi connectivity index (χ4n) is 3.26. The van der Waals surface area contributed by atoms with E-state index in [4.69, 9.17) is 14.2 Å². The van der Waals surface area contributed by atoms with Crippen molar-refractivity contribution in [2.24, 2.45) is 0 Å². The zero-order valence-electron chi connectivity index (χ0n) is 17.6. The lowest BCUT2D eigenvalue weighted by Crippen LogP contribution is -2.20. The predicted octanol–water partition coefficient (Wildman–Crippen LogP) is 4.34. The number of methoxy groups -OCH3 is 2. The molecule has 0 saturated heterocycles. The molecule has 0 spiro atoms. The first-order valence-corrected chi connectivity index (χ1v) is 9.77. The number of imidazole rings is 1. The van der Waals surface area contributed by atoms with Crippen LogP contribution in [0.25, 0.3) is 16.9 Å². The maximum Gasteiger partial charge on any atom is 0.262 e. The Kier molecular flexibility index (Phi) is 5.75. The maximum atomic E-state index is 12.5. The Labute approximate surface area is 180 Å². The smallest absolute Gasteiger partial charge is 0.262 e. The van der Waals surface area contributed by atoms with Crippen LogP contribution < -0.4 is 19.5 Å². The molecule has 0 aliphatic rings. The van der Waals surface area contributed by atoms with Crippen LogP contribution in [0.2, 0.25) is 0 Å². The Morgan fingerprint density at radius 2 is 1.77 bits per heavy atom. The number of hydrogen-bond donors (Lipinski definition) is 1. The van der Waals surface area contributed by atoms with E-state index >= 15 is 0 Å². The number of carbonyl (C=O) groups is 1. The van der Waals surface area contributed by atoms with Crippen molar-refractivity contribution in [2.45, 2.75) is 6.92 Å². The van der Waals surface area contributed by atoms with Crippen molar-refractivity contribution in [1.82, 2.24) is 9.38 Å². The number of fused-ring (bicyclic) bond motifs is 1. The van der Waals surface area contributed by atoms with Gasteiger partial charge in [-0.05, 0) is 55.0 Å². The molecule has 7 nitrogen and oxygen atoms in total. The number of nitrogens with zero attached hydrogens (tertiary/aromatic N) is 2. The van der Waals surface area contributed by atoms with Gasteiger partial charge >= 0.3 is 0 Å². The third-order valence-corrected chi connectivity index (χ3v) is 4.81. The first-order valence-electron chi connectivity index (χ1n) is 9.77. The number of rotatable bonds is 7. The number of aromatic nitrogens is 2. The van der Waals surface area contributed by atoms with E-state index < -0.39 is 0 Å². The molecule has 0 fully saturated rings. The molecule has 4 aromatic rings. The quantitative estimate of drug-likeness (QED) is 0.484. The molecule has 2 heterocycles. The minimum absolute atomic E-state index is 0.165. The summed E-state index contributed by atoms with van der Waals surface area (Å²) in [6.07, 6.45) is 3.93. The van der Waals surface area contributed by atoms with Crippen LogP contribution in [0.5, 0.6) is 17.2 Å². The Morgan fingerprint density at radius 1 is 1.00 bits per heavy atom. The van der Waals surface area contributed by atoms with E-state index in [1.807, 2.05) is 60.1 Å².